The lowest BCUT2D eigenvalue weighted by molar-refractivity contribution is -0.122. The van der Waals surface area contributed by atoms with Crippen LogP contribution in [-0.4, -0.2) is 38.5 Å². The van der Waals surface area contributed by atoms with Gasteiger partial charge in [-0.3, -0.25) is 9.48 Å². The van der Waals surface area contributed by atoms with E-state index in [1.165, 1.54) is 0 Å². The first-order valence-electron chi connectivity index (χ1n) is 5.24. The molecule has 1 heterocycles. The van der Waals surface area contributed by atoms with Gasteiger partial charge < -0.3 is 16.3 Å². The van der Waals surface area contributed by atoms with Gasteiger partial charge >= 0.3 is 0 Å². The van der Waals surface area contributed by atoms with Gasteiger partial charge in [0.2, 0.25) is 5.91 Å². The number of amides is 1. The highest BCUT2D eigenvalue weighted by Crippen LogP contribution is 1.95. The maximum Gasteiger partial charge on any atom is 0.230 e. The van der Waals surface area contributed by atoms with E-state index in [1.807, 2.05) is 0 Å². The highest BCUT2D eigenvalue weighted by molar-refractivity contribution is 6.01. The molecule has 0 radical (unpaired) electrons. The van der Waals surface area contributed by atoms with Gasteiger partial charge in [-0.2, -0.15) is 0 Å². The van der Waals surface area contributed by atoms with Gasteiger partial charge in [-0.1, -0.05) is 10.4 Å². The van der Waals surface area contributed by atoms with Crippen LogP contribution in [0.2, 0.25) is 0 Å². The number of nitrogens with one attached hydrogen (secondary N) is 1. The zero-order chi connectivity index (χ0) is 12.7. The van der Waals surface area contributed by atoms with Gasteiger partial charge in [-0.15, -0.1) is 5.10 Å². The summed E-state index contributed by atoms with van der Waals surface area (Å²) >= 11 is 0. The van der Waals surface area contributed by atoms with Gasteiger partial charge in [0.25, 0.3) is 0 Å². The molecule has 1 aromatic heterocycles. The van der Waals surface area contributed by atoms with E-state index in [-0.39, 0.29) is 11.7 Å². The van der Waals surface area contributed by atoms with Gasteiger partial charge in [0.15, 0.2) is 5.84 Å². The standard InChI is InChI=1S/C9H16N6O2/c1-7(8(10)13-17)9(16)11-3-2-5-15-6-4-12-14-15/h4,6-7,17H,2-3,5H2,1H3,(H2,10,13)(H,11,16). The summed E-state index contributed by atoms with van der Waals surface area (Å²) in [5, 5.41) is 21.3. The van der Waals surface area contributed by atoms with Crippen LogP contribution in [0, 0.1) is 5.92 Å². The lowest BCUT2D eigenvalue weighted by atomic mass is 10.1. The van der Waals surface area contributed by atoms with Crippen LogP contribution in [0.1, 0.15) is 13.3 Å². The van der Waals surface area contributed by atoms with Gasteiger partial charge in [-0.25, -0.2) is 0 Å². The van der Waals surface area contributed by atoms with E-state index in [9.17, 15) is 4.79 Å². The van der Waals surface area contributed by atoms with Crippen LogP contribution >= 0.6 is 0 Å². The summed E-state index contributed by atoms with van der Waals surface area (Å²) in [6, 6.07) is 0. The molecule has 0 saturated heterocycles. The van der Waals surface area contributed by atoms with E-state index in [0.29, 0.717) is 13.1 Å². The summed E-state index contributed by atoms with van der Waals surface area (Å²) in [6.07, 6.45) is 4.08. The molecule has 0 saturated carbocycles. The Bertz CT molecular complexity index is 375. The quantitative estimate of drug-likeness (QED) is 0.197. The third-order valence-electron chi connectivity index (χ3n) is 2.29. The summed E-state index contributed by atoms with van der Waals surface area (Å²) in [5.41, 5.74) is 5.32. The van der Waals surface area contributed by atoms with Crippen LogP contribution in [0.15, 0.2) is 17.5 Å². The zero-order valence-corrected chi connectivity index (χ0v) is 9.58. The molecule has 1 unspecified atom stereocenters. The monoisotopic (exact) mass is 240 g/mol. The second kappa shape index (κ2) is 6.46. The molecule has 4 N–H and O–H groups in total. The molecule has 0 aliphatic rings. The molecule has 1 atom stereocenters. The molecule has 0 aromatic carbocycles. The van der Waals surface area contributed by atoms with Crippen LogP contribution in [0.3, 0.4) is 0 Å². The minimum absolute atomic E-state index is 0.0984. The number of rotatable bonds is 6. The molecule has 94 valence electrons. The Hall–Kier alpha value is -2.12. The van der Waals surface area contributed by atoms with Crippen molar-refractivity contribution in [1.29, 1.82) is 0 Å². The van der Waals surface area contributed by atoms with Crippen molar-refractivity contribution in [1.82, 2.24) is 20.3 Å². The lowest BCUT2D eigenvalue weighted by Crippen LogP contribution is -2.37. The molecule has 1 aromatic rings. The van der Waals surface area contributed by atoms with Crippen LogP contribution in [-0.2, 0) is 11.3 Å². The van der Waals surface area contributed by atoms with Crippen molar-refractivity contribution in [2.45, 2.75) is 19.9 Å². The first kappa shape index (κ1) is 12.9. The third-order valence-corrected chi connectivity index (χ3v) is 2.29. The fourth-order valence-corrected chi connectivity index (χ4v) is 1.18. The Morgan fingerprint density at radius 3 is 3.06 bits per heavy atom. The highest BCUT2D eigenvalue weighted by atomic mass is 16.4. The topological polar surface area (TPSA) is 118 Å². The molecule has 1 rings (SSSR count). The summed E-state index contributed by atoms with van der Waals surface area (Å²) in [4.78, 5) is 11.5. The van der Waals surface area contributed by atoms with Gasteiger partial charge in [0, 0.05) is 19.3 Å². The Balaban J connectivity index is 2.20. The molecule has 0 fully saturated rings. The number of hydrogen-bond donors (Lipinski definition) is 3. The maximum atomic E-state index is 11.5. The molecule has 1 amide bonds. The predicted molar refractivity (Wildman–Crippen MR) is 60.2 cm³/mol. The first-order chi connectivity index (χ1) is 8.15. The van der Waals surface area contributed by atoms with E-state index in [1.54, 1.807) is 24.0 Å². The summed E-state index contributed by atoms with van der Waals surface area (Å²) in [6.45, 7) is 2.75. The number of hydrogen-bond acceptors (Lipinski definition) is 5. The number of nitrogens with zero attached hydrogens (tertiary/aromatic N) is 4. The molecule has 0 aliphatic heterocycles. The number of aryl methyl sites for hydroxylation is 1. The van der Waals surface area contributed by atoms with Gasteiger partial charge in [0.1, 0.15) is 0 Å². The van der Waals surface area contributed by atoms with Crippen molar-refractivity contribution in [3.8, 4) is 0 Å². The Labute approximate surface area is 98.5 Å². The summed E-state index contributed by atoms with van der Waals surface area (Å²) < 4.78 is 1.68. The van der Waals surface area contributed by atoms with E-state index in [2.05, 4.69) is 20.8 Å². The van der Waals surface area contributed by atoms with E-state index in [0.717, 1.165) is 6.42 Å². The molecular weight excluding hydrogens is 224 g/mol. The predicted octanol–water partition coefficient (Wildman–Crippen LogP) is -0.833. The Kier molecular flexibility index (Phi) is 4.92. The second-order valence-corrected chi connectivity index (χ2v) is 3.56. The lowest BCUT2D eigenvalue weighted by Gasteiger charge is -2.10. The largest absolute Gasteiger partial charge is 0.409 e. The number of aromatic nitrogens is 3. The molecule has 0 bridgehead atoms. The zero-order valence-electron chi connectivity index (χ0n) is 9.58. The van der Waals surface area contributed by atoms with Gasteiger partial charge in [-0.05, 0) is 13.3 Å². The molecule has 0 spiro atoms. The average molecular weight is 240 g/mol. The maximum absolute atomic E-state index is 11.5. The molecule has 17 heavy (non-hydrogen) atoms. The SMILES string of the molecule is CC(C(=O)NCCCn1ccnn1)/C(N)=N/O. The third kappa shape index (κ3) is 4.09. The molecule has 0 aliphatic carbocycles. The number of oxime groups is 1. The second-order valence-electron chi connectivity index (χ2n) is 3.56. The van der Waals surface area contributed by atoms with Crippen molar-refractivity contribution in [2.24, 2.45) is 16.8 Å². The fourth-order valence-electron chi connectivity index (χ4n) is 1.18. The number of carbonyl (C=O) groups is 1. The minimum atomic E-state index is -0.633. The Morgan fingerprint density at radius 2 is 2.47 bits per heavy atom. The average Bonchev–Trinajstić information content (AvgIpc) is 2.85. The number of carbonyl (C=O) groups excluding carboxylic acids is 1. The van der Waals surface area contributed by atoms with Crippen molar-refractivity contribution in [3.63, 3.8) is 0 Å². The summed E-state index contributed by atoms with van der Waals surface area (Å²) in [5.74, 6) is -0.996. The normalized spacial score (nSPS) is 13.4. The van der Waals surface area contributed by atoms with Crippen molar-refractivity contribution < 1.29 is 10.0 Å². The first-order valence-corrected chi connectivity index (χ1v) is 5.24. The van der Waals surface area contributed by atoms with E-state index >= 15 is 0 Å². The van der Waals surface area contributed by atoms with Crippen molar-refractivity contribution >= 4 is 11.7 Å². The highest BCUT2D eigenvalue weighted by Gasteiger charge is 2.16. The van der Waals surface area contributed by atoms with Crippen molar-refractivity contribution in [3.05, 3.63) is 12.4 Å². The smallest absolute Gasteiger partial charge is 0.230 e. The van der Waals surface area contributed by atoms with Crippen molar-refractivity contribution in [2.75, 3.05) is 6.54 Å². The number of amidine groups is 1. The molecule has 8 heteroatoms. The van der Waals surface area contributed by atoms with Crippen LogP contribution < -0.4 is 11.1 Å². The Morgan fingerprint density at radius 1 is 1.71 bits per heavy atom. The number of nitrogens with two attached hydrogens (primary N) is 1. The van der Waals surface area contributed by atoms with E-state index < -0.39 is 5.92 Å². The summed E-state index contributed by atoms with van der Waals surface area (Å²) in [7, 11) is 0. The van der Waals surface area contributed by atoms with Gasteiger partial charge in [0.05, 0.1) is 12.1 Å². The minimum Gasteiger partial charge on any atom is -0.409 e. The van der Waals surface area contributed by atoms with Crippen LogP contribution in [0.5, 0.6) is 0 Å². The van der Waals surface area contributed by atoms with Crippen LogP contribution in [0.25, 0.3) is 0 Å². The molecular formula is C9H16N6O2. The fraction of sp³-hybridized carbons (Fsp3) is 0.556. The molecule has 8 nitrogen and oxygen atoms in total. The van der Waals surface area contributed by atoms with E-state index in [4.69, 9.17) is 10.9 Å². The van der Waals surface area contributed by atoms with Crippen LogP contribution in [0.4, 0.5) is 0 Å².